The van der Waals surface area contributed by atoms with Gasteiger partial charge in [0, 0.05) is 46.8 Å². The minimum atomic E-state index is -4.71. The molecule has 10 rings (SSSR count). The minimum absolute atomic E-state index is 0.0501. The zero-order valence-corrected chi connectivity index (χ0v) is 39.9. The van der Waals surface area contributed by atoms with Crippen LogP contribution in [0.4, 0.5) is 26.3 Å². The smallest absolute Gasteiger partial charge is 0.387 e. The molecule has 0 saturated carbocycles. The normalized spacial score (nSPS) is 20.8. The van der Waals surface area contributed by atoms with Crippen LogP contribution in [0.15, 0.2) is 93.9 Å². The van der Waals surface area contributed by atoms with Gasteiger partial charge in [0.25, 0.3) is 0 Å². The van der Waals surface area contributed by atoms with Gasteiger partial charge in [0.05, 0.1) is 46.6 Å². The lowest BCUT2D eigenvalue weighted by Crippen LogP contribution is -2.57. The predicted molar refractivity (Wildman–Crippen MR) is 251 cm³/mol. The standard InChI is InChI=1S/C49H50F6N10O3S2/c1-29-21-43(48(50,51)52)58-64(29)25-39(62-17-13-33(14-18-62)46-56-37(27-69-46)35-23-41(67-60-35)31-9-5-3-6-10-31)45(66)40(26-65-30(2)22-44(59-65)49(53,54)55)63-19-15-34(16-20-63)47-57-38(28-70-47)36-24-42(68-61-36)32-11-7-4-8-12-32/h3-12,21-22,27-28,33-34,39-42H,13-20,23-26H2,1-2H3/t39?,40?,41-,42-/m1/s1. The van der Waals surface area contributed by atoms with Crippen molar-refractivity contribution >= 4 is 39.9 Å². The van der Waals surface area contributed by atoms with E-state index in [9.17, 15) is 26.3 Å². The van der Waals surface area contributed by atoms with Crippen LogP contribution in [-0.4, -0.2) is 94.8 Å². The average Bonchev–Trinajstić information content (AvgIpc) is 4.23. The van der Waals surface area contributed by atoms with Crippen LogP contribution in [0.5, 0.6) is 0 Å². The minimum Gasteiger partial charge on any atom is -0.387 e. The van der Waals surface area contributed by atoms with Crippen molar-refractivity contribution in [3.63, 3.8) is 0 Å². The first-order chi connectivity index (χ1) is 33.6. The summed E-state index contributed by atoms with van der Waals surface area (Å²) in [5.74, 6) is -0.223. The molecule has 4 atom stereocenters. The zero-order valence-electron chi connectivity index (χ0n) is 38.3. The van der Waals surface area contributed by atoms with Gasteiger partial charge in [0.15, 0.2) is 29.4 Å². The number of alkyl halides is 6. The molecule has 2 aromatic carbocycles. The lowest BCUT2D eigenvalue weighted by atomic mass is 9.91. The molecular formula is C49H50F6N10O3S2. The highest BCUT2D eigenvalue weighted by Gasteiger charge is 2.42. The molecule has 2 saturated heterocycles. The summed E-state index contributed by atoms with van der Waals surface area (Å²) in [5, 5.41) is 22.3. The van der Waals surface area contributed by atoms with Gasteiger partial charge in [-0.05, 0) is 89.0 Å². The third kappa shape index (κ3) is 10.3. The number of oxime groups is 2. The maximum Gasteiger partial charge on any atom is 0.435 e. The van der Waals surface area contributed by atoms with E-state index in [1.165, 1.54) is 45.9 Å². The highest BCUT2D eigenvalue weighted by molar-refractivity contribution is 7.10. The van der Waals surface area contributed by atoms with Crippen molar-refractivity contribution in [2.75, 3.05) is 26.2 Å². The second-order valence-electron chi connectivity index (χ2n) is 18.4. The van der Waals surface area contributed by atoms with E-state index < -0.39 is 35.8 Å². The number of thiazole rings is 2. The van der Waals surface area contributed by atoms with Crippen LogP contribution in [0, 0.1) is 13.8 Å². The van der Waals surface area contributed by atoms with E-state index in [-0.39, 0.29) is 54.3 Å². The first-order valence-electron chi connectivity index (χ1n) is 23.4. The van der Waals surface area contributed by atoms with Crippen molar-refractivity contribution < 1.29 is 40.8 Å². The van der Waals surface area contributed by atoms with E-state index in [0.717, 1.165) is 56.1 Å². The van der Waals surface area contributed by atoms with E-state index >= 15 is 4.79 Å². The number of carbonyl (C=O) groups excluding carboxylic acids is 1. The van der Waals surface area contributed by atoms with Crippen LogP contribution in [-0.2, 0) is 39.9 Å². The number of rotatable bonds is 14. The summed E-state index contributed by atoms with van der Waals surface area (Å²) in [6.45, 7) is 4.35. The zero-order chi connectivity index (χ0) is 48.7. The van der Waals surface area contributed by atoms with E-state index in [1.807, 2.05) is 81.2 Å². The van der Waals surface area contributed by atoms with Crippen LogP contribution in [0.3, 0.4) is 0 Å². The molecule has 8 heterocycles. The monoisotopic (exact) mass is 1000 g/mol. The maximum atomic E-state index is 15.5. The molecule has 0 radical (unpaired) electrons. The molecule has 21 heteroatoms. The summed E-state index contributed by atoms with van der Waals surface area (Å²) >= 11 is 3.07. The van der Waals surface area contributed by atoms with Crippen molar-refractivity contribution in [1.29, 1.82) is 0 Å². The second kappa shape index (κ2) is 19.8. The molecule has 2 fully saturated rings. The van der Waals surface area contributed by atoms with Gasteiger partial charge in [-0.1, -0.05) is 71.0 Å². The molecule has 0 bridgehead atoms. The van der Waals surface area contributed by atoms with Crippen LogP contribution in [0.25, 0.3) is 0 Å². The highest BCUT2D eigenvalue weighted by atomic mass is 32.1. The molecular weight excluding hydrogens is 955 g/mol. The van der Waals surface area contributed by atoms with Gasteiger partial charge >= 0.3 is 12.4 Å². The summed E-state index contributed by atoms with van der Waals surface area (Å²) in [6.07, 6.45) is -6.19. The Morgan fingerprint density at radius 1 is 0.629 bits per heavy atom. The third-order valence-corrected chi connectivity index (χ3v) is 15.9. The van der Waals surface area contributed by atoms with Gasteiger partial charge in [-0.2, -0.15) is 36.5 Å². The Labute approximate surface area is 407 Å². The molecule has 0 N–H and O–H groups in total. The van der Waals surface area contributed by atoms with Crippen molar-refractivity contribution in [3.05, 3.63) is 139 Å². The Bertz CT molecular complexity index is 2650. The molecule has 70 heavy (non-hydrogen) atoms. The molecule has 2 unspecified atom stereocenters. The molecule has 13 nitrogen and oxygen atoms in total. The Kier molecular flexibility index (Phi) is 13.5. The fourth-order valence-corrected chi connectivity index (χ4v) is 11.9. The van der Waals surface area contributed by atoms with E-state index in [0.29, 0.717) is 64.7 Å². The number of ketones is 1. The van der Waals surface area contributed by atoms with E-state index in [4.69, 9.17) is 19.6 Å². The van der Waals surface area contributed by atoms with Crippen LogP contribution >= 0.6 is 22.7 Å². The van der Waals surface area contributed by atoms with Gasteiger partial charge in [-0.3, -0.25) is 24.0 Å². The maximum absolute atomic E-state index is 15.5. The SMILES string of the molecule is Cc1cc(C(F)(F)F)nn1CC(C(=O)C(Cn1nc(C(F)(F)F)cc1C)N1CCC(c2nc(C3=NO[C@@H](c4ccccc4)C3)cs2)CC1)N1CCC(c2nc(C3=NO[C@@H](c4ccccc4)C3)cs2)CC1. The summed E-state index contributed by atoms with van der Waals surface area (Å²) in [7, 11) is 0. The third-order valence-electron chi connectivity index (χ3n) is 13.8. The Balaban J connectivity index is 0.877. The Hall–Kier alpha value is -5.77. The fraction of sp³-hybridized carbons (Fsp3) is 0.449. The first-order valence-corrected chi connectivity index (χ1v) is 25.1. The lowest BCUT2D eigenvalue weighted by Gasteiger charge is -2.41. The molecule has 4 aliphatic rings. The van der Waals surface area contributed by atoms with Crippen molar-refractivity contribution in [2.45, 2.75) is 114 Å². The van der Waals surface area contributed by atoms with E-state index in [2.05, 4.69) is 20.5 Å². The van der Waals surface area contributed by atoms with E-state index in [1.54, 1.807) is 0 Å². The number of benzene rings is 2. The molecule has 368 valence electrons. The Morgan fingerprint density at radius 2 is 1.01 bits per heavy atom. The second-order valence-corrected chi connectivity index (χ2v) is 20.2. The van der Waals surface area contributed by atoms with Gasteiger partial charge in [0.2, 0.25) is 0 Å². The van der Waals surface area contributed by atoms with Gasteiger partial charge in [0.1, 0.15) is 11.4 Å². The van der Waals surface area contributed by atoms with Crippen LogP contribution in [0.1, 0.15) is 118 Å². The van der Waals surface area contributed by atoms with Crippen molar-refractivity contribution in [1.82, 2.24) is 39.3 Å². The van der Waals surface area contributed by atoms with Crippen LogP contribution < -0.4 is 0 Å². The number of aromatic nitrogens is 6. The number of Topliss-reactive ketones (excluding diaryl/α,β-unsaturated/α-hetero) is 1. The van der Waals surface area contributed by atoms with Crippen molar-refractivity contribution in [2.24, 2.45) is 10.3 Å². The number of piperidine rings is 2. The average molecular weight is 1010 g/mol. The predicted octanol–water partition coefficient (Wildman–Crippen LogP) is 10.1. The summed E-state index contributed by atoms with van der Waals surface area (Å²) < 4.78 is 86.5. The van der Waals surface area contributed by atoms with Gasteiger partial charge in [-0.15, -0.1) is 22.7 Å². The number of hydrogen-bond donors (Lipinski definition) is 0. The summed E-state index contributed by atoms with van der Waals surface area (Å²) in [4.78, 5) is 40.9. The molecule has 4 aromatic heterocycles. The van der Waals surface area contributed by atoms with Gasteiger partial charge < -0.3 is 9.68 Å². The molecule has 0 amide bonds. The quantitative estimate of drug-likeness (QED) is 0.0980. The lowest BCUT2D eigenvalue weighted by molar-refractivity contribution is -0.142. The number of carbonyl (C=O) groups is 1. The molecule has 0 aliphatic carbocycles. The number of hydrogen-bond acceptors (Lipinski definition) is 13. The van der Waals surface area contributed by atoms with Crippen LogP contribution in [0.2, 0.25) is 0 Å². The molecule has 4 aliphatic heterocycles. The number of nitrogens with zero attached hydrogens (tertiary/aromatic N) is 10. The molecule has 0 spiro atoms. The molecule has 6 aromatic rings. The number of likely N-dealkylation sites (tertiary alicyclic amines) is 2. The number of aryl methyl sites for hydroxylation is 2. The van der Waals surface area contributed by atoms with Crippen molar-refractivity contribution in [3.8, 4) is 0 Å². The first kappa shape index (κ1) is 47.9. The highest BCUT2D eigenvalue weighted by Crippen LogP contribution is 2.38. The Morgan fingerprint density at radius 3 is 1.37 bits per heavy atom. The number of halogens is 6. The van der Waals surface area contributed by atoms with Gasteiger partial charge in [-0.25, -0.2) is 9.97 Å². The largest absolute Gasteiger partial charge is 0.435 e. The summed E-state index contributed by atoms with van der Waals surface area (Å²) in [6, 6.07) is 19.7. The topological polar surface area (TPSA) is 128 Å². The fourth-order valence-electron chi connectivity index (χ4n) is 9.87. The summed E-state index contributed by atoms with van der Waals surface area (Å²) in [5.41, 5.74) is 3.41.